The SMILES string of the molecule is COC(=O)c1cc(C=Cc2ccccc2F)ccc1NC(=O)c1ccc(N(C)C(=O)c2ccc(C(=O)O)cc2)cc1. The fourth-order valence-corrected chi connectivity index (χ4v) is 3.95. The number of carboxylic acid groups (broad SMARTS) is 1. The molecule has 0 radical (unpaired) electrons. The maximum absolute atomic E-state index is 13.9. The summed E-state index contributed by atoms with van der Waals surface area (Å²) in [6, 6.07) is 22.9. The second kappa shape index (κ2) is 12.5. The van der Waals surface area contributed by atoms with Crippen LogP contribution in [-0.4, -0.2) is 43.0 Å². The number of nitrogens with zero attached hydrogens (tertiary/aromatic N) is 1. The van der Waals surface area contributed by atoms with Crippen LogP contribution in [0.25, 0.3) is 12.2 Å². The molecule has 0 unspecified atom stereocenters. The minimum absolute atomic E-state index is 0.0728. The molecule has 0 saturated heterocycles. The third kappa shape index (κ3) is 6.72. The molecule has 206 valence electrons. The van der Waals surface area contributed by atoms with E-state index in [4.69, 9.17) is 9.84 Å². The van der Waals surface area contributed by atoms with E-state index in [9.17, 15) is 23.6 Å². The molecule has 0 fully saturated rings. The number of amides is 2. The average Bonchev–Trinajstić information content (AvgIpc) is 3.00. The summed E-state index contributed by atoms with van der Waals surface area (Å²) >= 11 is 0. The Kier molecular flexibility index (Phi) is 8.69. The predicted molar refractivity (Wildman–Crippen MR) is 154 cm³/mol. The van der Waals surface area contributed by atoms with Gasteiger partial charge in [0.1, 0.15) is 5.82 Å². The van der Waals surface area contributed by atoms with Gasteiger partial charge in [0.05, 0.1) is 23.9 Å². The lowest BCUT2D eigenvalue weighted by atomic mass is 10.1. The van der Waals surface area contributed by atoms with Crippen molar-refractivity contribution in [2.75, 3.05) is 24.4 Å². The summed E-state index contributed by atoms with van der Waals surface area (Å²) < 4.78 is 18.8. The van der Waals surface area contributed by atoms with Crippen LogP contribution in [0.5, 0.6) is 0 Å². The van der Waals surface area contributed by atoms with Crippen LogP contribution in [0.1, 0.15) is 52.6 Å². The van der Waals surface area contributed by atoms with Gasteiger partial charge in [-0.05, 0) is 72.3 Å². The summed E-state index contributed by atoms with van der Waals surface area (Å²) in [5.74, 6) is -2.97. The Balaban J connectivity index is 1.49. The fourth-order valence-electron chi connectivity index (χ4n) is 3.95. The highest BCUT2D eigenvalue weighted by atomic mass is 19.1. The summed E-state index contributed by atoms with van der Waals surface area (Å²) in [4.78, 5) is 50.7. The van der Waals surface area contributed by atoms with E-state index in [0.717, 1.165) is 0 Å². The molecule has 0 aliphatic heterocycles. The Morgan fingerprint density at radius 2 is 1.46 bits per heavy atom. The minimum atomic E-state index is -1.09. The fraction of sp³-hybridized carbons (Fsp3) is 0.0625. The van der Waals surface area contributed by atoms with Gasteiger partial charge < -0.3 is 20.1 Å². The molecule has 0 aromatic heterocycles. The molecule has 41 heavy (non-hydrogen) atoms. The van der Waals surface area contributed by atoms with Crippen LogP contribution >= 0.6 is 0 Å². The third-order valence-electron chi connectivity index (χ3n) is 6.26. The molecule has 8 nitrogen and oxygen atoms in total. The second-order valence-electron chi connectivity index (χ2n) is 8.90. The van der Waals surface area contributed by atoms with E-state index in [2.05, 4.69) is 5.32 Å². The van der Waals surface area contributed by atoms with Crippen molar-refractivity contribution >= 4 is 47.3 Å². The zero-order valence-corrected chi connectivity index (χ0v) is 22.1. The lowest BCUT2D eigenvalue weighted by Gasteiger charge is -2.18. The van der Waals surface area contributed by atoms with Gasteiger partial charge in [-0.15, -0.1) is 0 Å². The lowest BCUT2D eigenvalue weighted by molar-refractivity contribution is 0.0600. The van der Waals surface area contributed by atoms with E-state index in [1.165, 1.54) is 60.5 Å². The number of methoxy groups -OCH3 is 1. The van der Waals surface area contributed by atoms with Crippen LogP contribution in [0, 0.1) is 5.82 Å². The first-order chi connectivity index (χ1) is 19.7. The number of aromatic carboxylic acids is 1. The number of anilines is 2. The standard InChI is InChI=1S/C32H25FN2O6/c1-35(30(37)23-10-12-24(13-11-23)31(38)39)25-16-14-22(15-17-25)29(36)34-28-18-8-20(19-26(28)32(40)41-2)7-9-21-5-3-4-6-27(21)33/h3-19H,1-2H3,(H,34,36)(H,38,39). The number of hydrogen-bond donors (Lipinski definition) is 2. The van der Waals surface area contributed by atoms with E-state index in [0.29, 0.717) is 22.4 Å². The van der Waals surface area contributed by atoms with Crippen LogP contribution in [0.2, 0.25) is 0 Å². The molecule has 0 atom stereocenters. The highest BCUT2D eigenvalue weighted by molar-refractivity contribution is 6.09. The molecule has 2 N–H and O–H groups in total. The van der Waals surface area contributed by atoms with Gasteiger partial charge in [-0.25, -0.2) is 14.0 Å². The molecule has 0 heterocycles. The Morgan fingerprint density at radius 1 is 0.829 bits per heavy atom. The Bertz CT molecular complexity index is 1650. The molecule has 0 bridgehead atoms. The number of carbonyl (C=O) groups excluding carboxylic acids is 3. The van der Waals surface area contributed by atoms with Gasteiger partial charge in [-0.2, -0.15) is 0 Å². The van der Waals surface area contributed by atoms with Gasteiger partial charge in [0.15, 0.2) is 0 Å². The van der Waals surface area contributed by atoms with Gasteiger partial charge in [-0.1, -0.05) is 36.4 Å². The second-order valence-corrected chi connectivity index (χ2v) is 8.90. The molecule has 4 rings (SSSR count). The predicted octanol–water partition coefficient (Wildman–Crippen LogP) is 6.01. The smallest absolute Gasteiger partial charge is 0.339 e. The summed E-state index contributed by atoms with van der Waals surface area (Å²) in [6.45, 7) is 0. The quantitative estimate of drug-likeness (QED) is 0.205. The Labute approximate surface area is 235 Å². The topological polar surface area (TPSA) is 113 Å². The van der Waals surface area contributed by atoms with Crippen LogP contribution in [0.15, 0.2) is 91.0 Å². The van der Waals surface area contributed by atoms with Crippen molar-refractivity contribution < 1.29 is 33.4 Å². The first-order valence-corrected chi connectivity index (χ1v) is 12.4. The first-order valence-electron chi connectivity index (χ1n) is 12.4. The van der Waals surface area contributed by atoms with Gasteiger partial charge in [0.25, 0.3) is 11.8 Å². The molecule has 2 amide bonds. The van der Waals surface area contributed by atoms with Crippen molar-refractivity contribution in [3.8, 4) is 0 Å². The molecule has 0 spiro atoms. The monoisotopic (exact) mass is 552 g/mol. The summed E-state index contributed by atoms with van der Waals surface area (Å²) in [6.07, 6.45) is 3.23. The molecule has 0 aliphatic rings. The van der Waals surface area contributed by atoms with E-state index in [1.54, 1.807) is 61.7 Å². The maximum Gasteiger partial charge on any atom is 0.339 e. The molecule has 4 aromatic carbocycles. The minimum Gasteiger partial charge on any atom is -0.478 e. The highest BCUT2D eigenvalue weighted by Crippen LogP contribution is 2.23. The molecule has 0 aliphatic carbocycles. The van der Waals surface area contributed by atoms with Gasteiger partial charge in [0, 0.05) is 29.4 Å². The number of halogens is 1. The number of ether oxygens (including phenoxy) is 1. The van der Waals surface area contributed by atoms with Crippen molar-refractivity contribution in [2.24, 2.45) is 0 Å². The zero-order chi connectivity index (χ0) is 29.5. The van der Waals surface area contributed by atoms with Crippen molar-refractivity contribution in [1.82, 2.24) is 0 Å². The van der Waals surface area contributed by atoms with E-state index in [-0.39, 0.29) is 34.1 Å². The van der Waals surface area contributed by atoms with Crippen molar-refractivity contribution in [3.63, 3.8) is 0 Å². The largest absolute Gasteiger partial charge is 0.478 e. The van der Waals surface area contributed by atoms with Gasteiger partial charge in [-0.3, -0.25) is 9.59 Å². The Morgan fingerprint density at radius 3 is 2.10 bits per heavy atom. The van der Waals surface area contributed by atoms with Crippen molar-refractivity contribution in [3.05, 3.63) is 130 Å². The van der Waals surface area contributed by atoms with E-state index in [1.807, 2.05) is 0 Å². The molecule has 4 aromatic rings. The molecule has 9 heteroatoms. The number of carbonyl (C=O) groups is 4. The van der Waals surface area contributed by atoms with E-state index >= 15 is 0 Å². The number of esters is 1. The van der Waals surface area contributed by atoms with Crippen molar-refractivity contribution in [1.29, 1.82) is 0 Å². The number of rotatable bonds is 8. The number of benzene rings is 4. The zero-order valence-electron chi connectivity index (χ0n) is 22.1. The van der Waals surface area contributed by atoms with Gasteiger partial charge >= 0.3 is 11.9 Å². The highest BCUT2D eigenvalue weighted by Gasteiger charge is 2.18. The summed E-state index contributed by atoms with van der Waals surface area (Å²) in [7, 11) is 2.79. The Hall–Kier alpha value is -5.57. The average molecular weight is 553 g/mol. The van der Waals surface area contributed by atoms with Gasteiger partial charge in [0.2, 0.25) is 0 Å². The van der Waals surface area contributed by atoms with Crippen LogP contribution in [-0.2, 0) is 4.74 Å². The van der Waals surface area contributed by atoms with Crippen molar-refractivity contribution in [2.45, 2.75) is 0 Å². The van der Waals surface area contributed by atoms with E-state index < -0.39 is 17.8 Å². The van der Waals surface area contributed by atoms with Crippen LogP contribution in [0.4, 0.5) is 15.8 Å². The number of hydrogen-bond acceptors (Lipinski definition) is 5. The molecule has 0 saturated carbocycles. The number of nitrogens with one attached hydrogen (secondary N) is 1. The van der Waals surface area contributed by atoms with Crippen LogP contribution in [0.3, 0.4) is 0 Å². The number of carboxylic acids is 1. The third-order valence-corrected chi connectivity index (χ3v) is 6.26. The first kappa shape index (κ1) is 28.4. The summed E-state index contributed by atoms with van der Waals surface area (Å²) in [5, 5.41) is 11.7. The normalized spacial score (nSPS) is 10.7. The van der Waals surface area contributed by atoms with Crippen LogP contribution < -0.4 is 10.2 Å². The molecular formula is C32H25FN2O6. The molecular weight excluding hydrogens is 527 g/mol. The summed E-state index contributed by atoms with van der Waals surface area (Å²) in [5.41, 5.74) is 2.50. The lowest BCUT2D eigenvalue weighted by Crippen LogP contribution is -2.26. The maximum atomic E-state index is 13.9.